The molecule has 0 bridgehead atoms. The number of aryl methyl sites for hydroxylation is 6. The van der Waals surface area contributed by atoms with E-state index in [1.807, 2.05) is 0 Å². The highest BCUT2D eigenvalue weighted by molar-refractivity contribution is 8.07. The van der Waals surface area contributed by atoms with Gasteiger partial charge in [0.2, 0.25) is 11.0 Å². The Kier molecular flexibility index (Phi) is 4.97. The zero-order valence-corrected chi connectivity index (χ0v) is 17.5. The van der Waals surface area contributed by atoms with E-state index in [9.17, 15) is 9.59 Å². The summed E-state index contributed by atoms with van der Waals surface area (Å²) >= 11 is 0. The average Bonchev–Trinajstić information content (AvgIpc) is 2.74. The molecule has 2 aromatic rings. The van der Waals surface area contributed by atoms with Crippen molar-refractivity contribution in [2.24, 2.45) is 0 Å². The molecule has 25 heavy (non-hydrogen) atoms. The zero-order chi connectivity index (χ0) is 18.5. The first-order chi connectivity index (χ1) is 11.7. The van der Waals surface area contributed by atoms with Gasteiger partial charge >= 0.3 is 0 Å². The van der Waals surface area contributed by atoms with E-state index in [-0.39, 0.29) is 11.0 Å². The van der Waals surface area contributed by atoms with Crippen LogP contribution in [0.2, 0.25) is 0 Å². The minimum Gasteiger partial charge on any atom is -0.285 e. The van der Waals surface area contributed by atoms with Crippen molar-refractivity contribution in [2.45, 2.75) is 41.5 Å². The maximum Gasteiger partial charge on any atom is 0.229 e. The van der Waals surface area contributed by atoms with Crippen LogP contribution in [0.4, 0.5) is 0 Å². The second-order valence-electron chi connectivity index (χ2n) is 7.10. The molecule has 2 unspecified atom stereocenters. The molecule has 2 aromatic carbocycles. The average molecular weight is 370 g/mol. The van der Waals surface area contributed by atoms with E-state index in [2.05, 4.69) is 65.8 Å². The normalized spacial score (nSPS) is 20.4. The van der Waals surface area contributed by atoms with E-state index in [1.165, 1.54) is 11.1 Å². The zero-order valence-electron chi connectivity index (χ0n) is 15.7. The van der Waals surface area contributed by atoms with Crippen molar-refractivity contribution >= 4 is 37.5 Å². The quantitative estimate of drug-likeness (QED) is 0.577. The van der Waals surface area contributed by atoms with Gasteiger partial charge < -0.3 is 0 Å². The highest BCUT2D eigenvalue weighted by atomic mass is 31.2. The molecular weight excluding hydrogens is 346 g/mol. The third-order valence-corrected chi connectivity index (χ3v) is 11.1. The fourth-order valence-corrected chi connectivity index (χ4v) is 10.9. The van der Waals surface area contributed by atoms with Crippen LogP contribution in [0.25, 0.3) is 0 Å². The van der Waals surface area contributed by atoms with Crippen LogP contribution in [0.1, 0.15) is 33.4 Å². The molecule has 2 nitrogen and oxygen atoms in total. The highest BCUT2D eigenvalue weighted by Crippen LogP contribution is 2.60. The van der Waals surface area contributed by atoms with Crippen LogP contribution < -0.4 is 10.6 Å². The van der Waals surface area contributed by atoms with Crippen LogP contribution in [0.5, 0.6) is 0 Å². The van der Waals surface area contributed by atoms with Crippen LogP contribution in [0.3, 0.4) is 0 Å². The van der Waals surface area contributed by atoms with Gasteiger partial charge in [-0.25, -0.2) is 0 Å². The molecular formula is C21H24O2P2. The molecule has 3 rings (SSSR count). The largest absolute Gasteiger partial charge is 0.285 e. The number of benzene rings is 2. The second kappa shape index (κ2) is 6.75. The van der Waals surface area contributed by atoms with Crippen LogP contribution in [-0.2, 0) is 9.59 Å². The van der Waals surface area contributed by atoms with Crippen molar-refractivity contribution in [2.75, 3.05) is 5.90 Å². The Labute approximate surface area is 152 Å². The van der Waals surface area contributed by atoms with Gasteiger partial charge in [-0.1, -0.05) is 35.4 Å². The molecule has 1 fully saturated rings. The summed E-state index contributed by atoms with van der Waals surface area (Å²) in [6.07, 6.45) is 0. The number of rotatable bonds is 2. The topological polar surface area (TPSA) is 34.1 Å². The molecule has 4 heteroatoms. The highest BCUT2D eigenvalue weighted by Gasteiger charge is 2.44. The van der Waals surface area contributed by atoms with Gasteiger partial charge in [-0.2, -0.15) is 0 Å². The SMILES string of the molecule is Cc1cc(C)c(P2CP(c3c(C)cc(C)cc3C)C(=O)C2=O)c(C)c1. The minimum atomic E-state index is -1.05. The molecule has 0 aromatic heterocycles. The van der Waals surface area contributed by atoms with E-state index in [1.54, 1.807) is 0 Å². The van der Waals surface area contributed by atoms with Crippen molar-refractivity contribution in [3.63, 3.8) is 0 Å². The lowest BCUT2D eigenvalue weighted by atomic mass is 10.1. The lowest BCUT2D eigenvalue weighted by Gasteiger charge is -2.18. The van der Waals surface area contributed by atoms with Gasteiger partial charge in [-0.15, -0.1) is 0 Å². The monoisotopic (exact) mass is 370 g/mol. The predicted octanol–water partition coefficient (Wildman–Crippen LogP) is 4.48. The van der Waals surface area contributed by atoms with E-state index >= 15 is 0 Å². The summed E-state index contributed by atoms with van der Waals surface area (Å²) in [5.74, 6) is 0.720. The predicted molar refractivity (Wildman–Crippen MR) is 109 cm³/mol. The molecule has 1 aliphatic heterocycles. The fourth-order valence-electron chi connectivity index (χ4n) is 4.04. The molecule has 0 amide bonds. The summed E-state index contributed by atoms with van der Waals surface area (Å²) in [6, 6.07) is 8.52. The molecule has 0 N–H and O–H groups in total. The van der Waals surface area contributed by atoms with Crippen LogP contribution >= 0.6 is 15.8 Å². The standard InChI is InChI=1S/C21H24O2P2/c1-12-7-14(3)18(15(4)8-12)24-11-25(21(23)20(24)22)19-16(5)9-13(2)10-17(19)6/h7-10H,11H2,1-6H3. The number of hydrogen-bond acceptors (Lipinski definition) is 2. The molecule has 2 atom stereocenters. The van der Waals surface area contributed by atoms with Crippen molar-refractivity contribution in [3.05, 3.63) is 57.6 Å². The Morgan fingerprint density at radius 2 is 0.880 bits per heavy atom. The van der Waals surface area contributed by atoms with Crippen LogP contribution in [0, 0.1) is 41.5 Å². The van der Waals surface area contributed by atoms with E-state index in [0.29, 0.717) is 0 Å². The molecule has 0 aliphatic carbocycles. The maximum atomic E-state index is 12.9. The minimum absolute atomic E-state index is 0.129. The van der Waals surface area contributed by atoms with Crippen molar-refractivity contribution in [1.82, 2.24) is 0 Å². The van der Waals surface area contributed by atoms with Crippen molar-refractivity contribution < 1.29 is 9.59 Å². The van der Waals surface area contributed by atoms with E-state index < -0.39 is 15.8 Å². The molecule has 1 saturated heterocycles. The lowest BCUT2D eigenvalue weighted by Crippen LogP contribution is -2.16. The number of hydrogen-bond donors (Lipinski definition) is 0. The van der Waals surface area contributed by atoms with Gasteiger partial charge in [0, 0.05) is 21.7 Å². The summed E-state index contributed by atoms with van der Waals surface area (Å²) < 4.78 is 0. The van der Waals surface area contributed by atoms with E-state index in [4.69, 9.17) is 0 Å². The number of carbonyl (C=O) groups excluding carboxylic acids is 2. The molecule has 1 heterocycles. The fraction of sp³-hybridized carbons (Fsp3) is 0.333. The van der Waals surface area contributed by atoms with Gasteiger partial charge in [-0.3, -0.25) is 9.59 Å². The van der Waals surface area contributed by atoms with Crippen LogP contribution in [-0.4, -0.2) is 17.0 Å². The van der Waals surface area contributed by atoms with Gasteiger partial charge in [0.05, 0.1) is 0 Å². The Morgan fingerprint density at radius 1 is 0.600 bits per heavy atom. The lowest BCUT2D eigenvalue weighted by molar-refractivity contribution is -0.126. The van der Waals surface area contributed by atoms with Gasteiger partial charge in [0.25, 0.3) is 0 Å². The summed E-state index contributed by atoms with van der Waals surface area (Å²) in [7, 11) is -2.10. The first-order valence-electron chi connectivity index (χ1n) is 8.49. The van der Waals surface area contributed by atoms with Gasteiger partial charge in [0.15, 0.2) is 0 Å². The Hall–Kier alpha value is -1.36. The first-order valence-corrected chi connectivity index (χ1v) is 11.5. The first kappa shape index (κ1) is 18.4. The molecule has 1 aliphatic rings. The summed E-state index contributed by atoms with van der Waals surface area (Å²) in [4.78, 5) is 25.7. The number of carbonyl (C=O) groups is 2. The molecule has 0 saturated carbocycles. The molecule has 130 valence electrons. The van der Waals surface area contributed by atoms with Gasteiger partial charge in [0.1, 0.15) is 0 Å². The smallest absolute Gasteiger partial charge is 0.229 e. The second-order valence-corrected chi connectivity index (χ2v) is 11.7. The molecule has 0 radical (unpaired) electrons. The Balaban J connectivity index is 2.07. The van der Waals surface area contributed by atoms with Crippen molar-refractivity contribution in [3.8, 4) is 0 Å². The third-order valence-electron chi connectivity index (χ3n) is 4.77. The summed E-state index contributed by atoms with van der Waals surface area (Å²) in [5.41, 5.74) is 6.76. The van der Waals surface area contributed by atoms with Crippen LogP contribution in [0.15, 0.2) is 24.3 Å². The summed E-state index contributed by atoms with van der Waals surface area (Å²) in [5, 5.41) is 2.26. The third kappa shape index (κ3) is 3.23. The molecule has 0 spiro atoms. The maximum absolute atomic E-state index is 12.9. The van der Waals surface area contributed by atoms with Gasteiger partial charge in [-0.05, 0) is 74.4 Å². The summed E-state index contributed by atoms with van der Waals surface area (Å²) in [6.45, 7) is 12.4. The van der Waals surface area contributed by atoms with Crippen molar-refractivity contribution in [1.29, 1.82) is 0 Å². The van der Waals surface area contributed by atoms with E-state index in [0.717, 1.165) is 38.8 Å². The Bertz CT molecular complexity index is 779. The Morgan fingerprint density at radius 3 is 1.16 bits per heavy atom.